The number of hydrogen-bond acceptors (Lipinski definition) is 3. The van der Waals surface area contributed by atoms with Gasteiger partial charge in [0, 0.05) is 10.7 Å². The van der Waals surface area contributed by atoms with Gasteiger partial charge in [-0.2, -0.15) is 0 Å². The molecule has 2 aromatic carbocycles. The number of anilines is 1. The highest BCUT2D eigenvalue weighted by molar-refractivity contribution is 6.30. The zero-order valence-electron chi connectivity index (χ0n) is 13.3. The van der Waals surface area contributed by atoms with Crippen molar-refractivity contribution in [2.45, 2.75) is 25.2 Å². The molecule has 4 nitrogen and oxygen atoms in total. The maximum absolute atomic E-state index is 12.4. The number of amides is 1. The van der Waals surface area contributed by atoms with E-state index >= 15 is 0 Å². The van der Waals surface area contributed by atoms with E-state index in [-0.39, 0.29) is 18.5 Å². The normalized spacial score (nSPS) is 14.8. The predicted octanol–water partition coefficient (Wildman–Crippen LogP) is 3.86. The summed E-state index contributed by atoms with van der Waals surface area (Å²) in [7, 11) is 0. The van der Waals surface area contributed by atoms with Crippen LogP contribution in [-0.4, -0.2) is 18.5 Å². The minimum atomic E-state index is -0.618. The Morgan fingerprint density at radius 1 is 1.12 bits per heavy atom. The molecule has 0 aromatic heterocycles. The van der Waals surface area contributed by atoms with E-state index in [0.29, 0.717) is 5.02 Å². The van der Waals surface area contributed by atoms with Crippen molar-refractivity contribution in [3.8, 4) is 0 Å². The van der Waals surface area contributed by atoms with Crippen LogP contribution in [-0.2, 0) is 19.7 Å². The summed E-state index contributed by atoms with van der Waals surface area (Å²) < 4.78 is 5.24. The van der Waals surface area contributed by atoms with E-state index in [1.165, 1.54) is 0 Å². The van der Waals surface area contributed by atoms with Crippen molar-refractivity contribution in [1.29, 1.82) is 0 Å². The van der Waals surface area contributed by atoms with Gasteiger partial charge in [-0.25, -0.2) is 0 Å². The molecule has 1 aliphatic rings. The van der Waals surface area contributed by atoms with E-state index < -0.39 is 5.41 Å². The van der Waals surface area contributed by atoms with E-state index in [0.717, 1.165) is 29.7 Å². The van der Waals surface area contributed by atoms with Crippen LogP contribution in [0.3, 0.4) is 0 Å². The third-order valence-corrected chi connectivity index (χ3v) is 4.54. The van der Waals surface area contributed by atoms with Crippen LogP contribution in [0.25, 0.3) is 0 Å². The summed E-state index contributed by atoms with van der Waals surface area (Å²) in [6, 6.07) is 14.6. The Balaban J connectivity index is 1.58. The van der Waals surface area contributed by atoms with Gasteiger partial charge in [0.05, 0.1) is 5.41 Å². The van der Waals surface area contributed by atoms with Crippen LogP contribution in [0.1, 0.15) is 24.0 Å². The predicted molar refractivity (Wildman–Crippen MR) is 93.1 cm³/mol. The van der Waals surface area contributed by atoms with E-state index in [1.807, 2.05) is 43.3 Å². The van der Waals surface area contributed by atoms with Gasteiger partial charge in [0.2, 0.25) is 0 Å². The van der Waals surface area contributed by atoms with Gasteiger partial charge in [0.25, 0.3) is 5.91 Å². The fourth-order valence-electron chi connectivity index (χ4n) is 2.67. The van der Waals surface area contributed by atoms with Gasteiger partial charge in [-0.05, 0) is 49.1 Å². The molecule has 0 spiro atoms. The molecule has 5 heteroatoms. The summed E-state index contributed by atoms with van der Waals surface area (Å²) >= 11 is 5.89. The Kier molecular flexibility index (Phi) is 4.58. The lowest BCUT2D eigenvalue weighted by Gasteiger charge is -2.15. The minimum Gasteiger partial charge on any atom is -0.455 e. The van der Waals surface area contributed by atoms with Crippen LogP contribution in [0.4, 0.5) is 5.69 Å². The van der Waals surface area contributed by atoms with E-state index in [1.54, 1.807) is 12.1 Å². The SMILES string of the molecule is Cc1ccccc1NC(=O)COC(=O)C1(c2ccc(Cl)cc2)CC1. The summed E-state index contributed by atoms with van der Waals surface area (Å²) in [5, 5.41) is 3.38. The number of halogens is 1. The monoisotopic (exact) mass is 343 g/mol. The molecule has 0 saturated heterocycles. The first-order valence-corrected chi connectivity index (χ1v) is 8.18. The van der Waals surface area contributed by atoms with Crippen molar-refractivity contribution in [2.75, 3.05) is 11.9 Å². The smallest absolute Gasteiger partial charge is 0.317 e. The molecular formula is C19H18ClNO3. The molecule has 0 atom stereocenters. The standard InChI is InChI=1S/C19H18ClNO3/c1-13-4-2-3-5-16(13)21-17(22)12-24-18(23)19(10-11-19)14-6-8-15(20)9-7-14/h2-9H,10-12H2,1H3,(H,21,22). The van der Waals surface area contributed by atoms with Crippen molar-refractivity contribution in [2.24, 2.45) is 0 Å². The van der Waals surface area contributed by atoms with Crippen LogP contribution >= 0.6 is 11.6 Å². The van der Waals surface area contributed by atoms with Gasteiger partial charge < -0.3 is 10.1 Å². The van der Waals surface area contributed by atoms with Gasteiger partial charge in [-0.15, -0.1) is 0 Å². The molecule has 1 saturated carbocycles. The zero-order valence-corrected chi connectivity index (χ0v) is 14.1. The first-order chi connectivity index (χ1) is 11.5. The second-order valence-corrected chi connectivity index (χ2v) is 6.46. The molecule has 0 heterocycles. The maximum atomic E-state index is 12.4. The fourth-order valence-corrected chi connectivity index (χ4v) is 2.80. The molecule has 0 radical (unpaired) electrons. The van der Waals surface area contributed by atoms with Crippen LogP contribution in [0.15, 0.2) is 48.5 Å². The number of hydrogen-bond donors (Lipinski definition) is 1. The van der Waals surface area contributed by atoms with Crippen molar-refractivity contribution < 1.29 is 14.3 Å². The molecule has 0 bridgehead atoms. The second-order valence-electron chi connectivity index (χ2n) is 6.03. The van der Waals surface area contributed by atoms with Crippen LogP contribution in [0.2, 0.25) is 5.02 Å². The summed E-state index contributed by atoms with van der Waals surface area (Å²) in [6.07, 6.45) is 1.46. The molecule has 1 fully saturated rings. The third kappa shape index (κ3) is 3.44. The number of para-hydroxylation sites is 1. The molecular weight excluding hydrogens is 326 g/mol. The highest BCUT2D eigenvalue weighted by Gasteiger charge is 2.52. The number of nitrogens with one attached hydrogen (secondary N) is 1. The van der Waals surface area contributed by atoms with Crippen LogP contribution in [0, 0.1) is 6.92 Å². The molecule has 24 heavy (non-hydrogen) atoms. The Labute approximate surface area is 145 Å². The molecule has 1 N–H and O–H groups in total. The van der Waals surface area contributed by atoms with Gasteiger partial charge in [-0.1, -0.05) is 41.9 Å². The molecule has 124 valence electrons. The topological polar surface area (TPSA) is 55.4 Å². The zero-order chi connectivity index (χ0) is 17.2. The third-order valence-electron chi connectivity index (χ3n) is 4.29. The first kappa shape index (κ1) is 16.5. The molecule has 1 aliphatic carbocycles. The van der Waals surface area contributed by atoms with Crippen molar-refractivity contribution in [1.82, 2.24) is 0 Å². The lowest BCUT2D eigenvalue weighted by Crippen LogP contribution is -2.28. The van der Waals surface area contributed by atoms with E-state index in [2.05, 4.69) is 5.32 Å². The number of ether oxygens (including phenoxy) is 1. The van der Waals surface area contributed by atoms with Gasteiger partial charge in [0.1, 0.15) is 0 Å². The summed E-state index contributed by atoms with van der Waals surface area (Å²) in [4.78, 5) is 24.4. The summed E-state index contributed by atoms with van der Waals surface area (Å²) in [5.41, 5.74) is 1.94. The number of esters is 1. The van der Waals surface area contributed by atoms with Crippen molar-refractivity contribution in [3.05, 3.63) is 64.7 Å². The lowest BCUT2D eigenvalue weighted by molar-refractivity contribution is -0.150. The number of benzene rings is 2. The largest absolute Gasteiger partial charge is 0.455 e. The Morgan fingerprint density at radius 2 is 1.79 bits per heavy atom. The van der Waals surface area contributed by atoms with Crippen LogP contribution in [0.5, 0.6) is 0 Å². The molecule has 3 rings (SSSR count). The first-order valence-electron chi connectivity index (χ1n) is 7.80. The fraction of sp³-hybridized carbons (Fsp3) is 0.263. The number of rotatable bonds is 5. The molecule has 0 aliphatic heterocycles. The minimum absolute atomic E-state index is 0.289. The second kappa shape index (κ2) is 6.65. The van der Waals surface area contributed by atoms with E-state index in [4.69, 9.17) is 16.3 Å². The summed E-state index contributed by atoms with van der Waals surface area (Å²) in [6.45, 7) is 1.61. The van der Waals surface area contributed by atoms with Gasteiger partial charge in [0.15, 0.2) is 6.61 Å². The van der Waals surface area contributed by atoms with Crippen LogP contribution < -0.4 is 5.32 Å². The van der Waals surface area contributed by atoms with Crippen molar-refractivity contribution in [3.63, 3.8) is 0 Å². The maximum Gasteiger partial charge on any atom is 0.317 e. The van der Waals surface area contributed by atoms with E-state index in [9.17, 15) is 9.59 Å². The number of carbonyl (C=O) groups is 2. The number of carbonyl (C=O) groups excluding carboxylic acids is 2. The summed E-state index contributed by atoms with van der Waals surface area (Å²) in [5.74, 6) is -0.700. The Bertz CT molecular complexity index is 766. The number of aryl methyl sites for hydroxylation is 1. The lowest BCUT2D eigenvalue weighted by atomic mass is 9.96. The molecule has 2 aromatic rings. The molecule has 0 unspecified atom stereocenters. The molecule has 1 amide bonds. The quantitative estimate of drug-likeness (QED) is 0.839. The Hall–Kier alpha value is -2.33. The highest BCUT2D eigenvalue weighted by Crippen LogP contribution is 2.49. The average Bonchev–Trinajstić information content (AvgIpc) is 3.37. The highest BCUT2D eigenvalue weighted by atomic mass is 35.5. The Morgan fingerprint density at radius 3 is 2.42 bits per heavy atom. The van der Waals surface area contributed by atoms with Gasteiger partial charge >= 0.3 is 5.97 Å². The van der Waals surface area contributed by atoms with Gasteiger partial charge in [-0.3, -0.25) is 9.59 Å². The van der Waals surface area contributed by atoms with Crippen molar-refractivity contribution >= 4 is 29.2 Å². The average molecular weight is 344 g/mol.